The molecule has 0 unspecified atom stereocenters. The van der Waals surface area contributed by atoms with Gasteiger partial charge in [-0.15, -0.1) is 0 Å². The van der Waals surface area contributed by atoms with Crippen LogP contribution in [0.25, 0.3) is 11.2 Å². The maximum Gasteiger partial charge on any atom is 0.226 e. The molecule has 0 radical (unpaired) electrons. The summed E-state index contributed by atoms with van der Waals surface area (Å²) in [7, 11) is 1.89. The lowest BCUT2D eigenvalue weighted by molar-refractivity contribution is 0.612. The van der Waals surface area contributed by atoms with E-state index < -0.39 is 0 Å². The zero-order valence-electron chi connectivity index (χ0n) is 12.3. The molecule has 0 atom stereocenters. The summed E-state index contributed by atoms with van der Waals surface area (Å²) in [6.07, 6.45) is 1.75. The van der Waals surface area contributed by atoms with Gasteiger partial charge in [0.05, 0.1) is 6.33 Å². The summed E-state index contributed by atoms with van der Waals surface area (Å²) in [5.74, 6) is 1.26. The highest BCUT2D eigenvalue weighted by molar-refractivity contribution is 6.28. The van der Waals surface area contributed by atoms with E-state index in [1.165, 1.54) is 0 Å². The number of anilines is 2. The second kappa shape index (κ2) is 5.00. The van der Waals surface area contributed by atoms with Crippen LogP contribution >= 0.6 is 11.6 Å². The molecule has 8 heteroatoms. The molecule has 0 aromatic carbocycles. The summed E-state index contributed by atoms with van der Waals surface area (Å²) < 4.78 is 3.74. The molecule has 0 aliphatic carbocycles. The summed E-state index contributed by atoms with van der Waals surface area (Å²) in [6.45, 7) is 6.10. The number of aromatic nitrogens is 6. The Morgan fingerprint density at radius 1 is 1.29 bits per heavy atom. The van der Waals surface area contributed by atoms with Gasteiger partial charge in [0.2, 0.25) is 5.28 Å². The molecule has 0 spiro atoms. The quantitative estimate of drug-likeness (QED) is 0.753. The van der Waals surface area contributed by atoms with Crippen LogP contribution in [-0.2, 0) is 7.05 Å². The zero-order valence-corrected chi connectivity index (χ0v) is 13.0. The average molecular weight is 306 g/mol. The van der Waals surface area contributed by atoms with Crippen LogP contribution in [0.1, 0.15) is 25.6 Å². The summed E-state index contributed by atoms with van der Waals surface area (Å²) in [5, 5.41) is 7.69. The van der Waals surface area contributed by atoms with E-state index >= 15 is 0 Å². The topological polar surface area (TPSA) is 73.5 Å². The lowest BCUT2D eigenvalue weighted by Crippen LogP contribution is -2.02. The van der Waals surface area contributed by atoms with E-state index in [2.05, 4.69) is 39.2 Å². The SMILES string of the molecule is Cc1cc(Nc2nc(Cl)nc3c2ncn3C(C)C)nn1C. The number of hydrogen-bond acceptors (Lipinski definition) is 5. The van der Waals surface area contributed by atoms with Crippen molar-refractivity contribution in [1.82, 2.24) is 29.3 Å². The van der Waals surface area contributed by atoms with Crippen molar-refractivity contribution in [3.8, 4) is 0 Å². The number of halogens is 1. The molecule has 7 nitrogen and oxygen atoms in total. The summed E-state index contributed by atoms with van der Waals surface area (Å²) >= 11 is 6.03. The second-order valence-corrected chi connectivity index (χ2v) is 5.52. The summed E-state index contributed by atoms with van der Waals surface area (Å²) in [5.41, 5.74) is 2.43. The predicted octanol–water partition coefficient (Wildman–Crippen LogP) is 2.85. The van der Waals surface area contributed by atoms with E-state index in [0.717, 1.165) is 5.69 Å². The maximum absolute atomic E-state index is 6.03. The van der Waals surface area contributed by atoms with Crippen LogP contribution in [0.4, 0.5) is 11.6 Å². The lowest BCUT2D eigenvalue weighted by Gasteiger charge is -2.08. The van der Waals surface area contributed by atoms with Gasteiger partial charge in [-0.3, -0.25) is 4.68 Å². The first-order chi connectivity index (χ1) is 9.95. The molecule has 0 bridgehead atoms. The van der Waals surface area contributed by atoms with Crippen molar-refractivity contribution in [3.05, 3.63) is 23.4 Å². The van der Waals surface area contributed by atoms with Gasteiger partial charge in [-0.2, -0.15) is 15.1 Å². The molecule has 3 heterocycles. The van der Waals surface area contributed by atoms with Gasteiger partial charge >= 0.3 is 0 Å². The first-order valence-electron chi connectivity index (χ1n) is 6.63. The van der Waals surface area contributed by atoms with E-state index in [1.54, 1.807) is 11.0 Å². The minimum atomic E-state index is 0.181. The Morgan fingerprint density at radius 2 is 2.05 bits per heavy atom. The molecular weight excluding hydrogens is 290 g/mol. The summed E-state index contributed by atoms with van der Waals surface area (Å²) in [6, 6.07) is 2.17. The monoisotopic (exact) mass is 305 g/mol. The number of imidazole rings is 1. The first-order valence-corrected chi connectivity index (χ1v) is 7.01. The maximum atomic E-state index is 6.03. The van der Waals surface area contributed by atoms with Crippen molar-refractivity contribution in [2.45, 2.75) is 26.8 Å². The van der Waals surface area contributed by atoms with Gasteiger partial charge in [-0.25, -0.2) is 4.98 Å². The van der Waals surface area contributed by atoms with Crippen molar-refractivity contribution >= 4 is 34.4 Å². The number of nitrogens with one attached hydrogen (secondary N) is 1. The fourth-order valence-electron chi connectivity index (χ4n) is 2.10. The molecule has 0 saturated carbocycles. The fraction of sp³-hybridized carbons (Fsp3) is 0.385. The van der Waals surface area contributed by atoms with Crippen molar-refractivity contribution in [2.75, 3.05) is 5.32 Å². The Hall–Kier alpha value is -2.15. The standard InChI is InChI=1S/C13H16ClN7/c1-7(2)21-6-15-10-11(17-13(14)18-12(10)21)16-9-5-8(3)20(4)19-9/h5-7H,1-4H3,(H,16,17,18,19). The van der Waals surface area contributed by atoms with Gasteiger partial charge in [-0.1, -0.05) is 0 Å². The van der Waals surface area contributed by atoms with Crippen LogP contribution in [-0.4, -0.2) is 29.3 Å². The smallest absolute Gasteiger partial charge is 0.226 e. The molecule has 0 aliphatic heterocycles. The molecule has 3 aromatic rings. The van der Waals surface area contributed by atoms with Gasteiger partial charge in [0.25, 0.3) is 0 Å². The van der Waals surface area contributed by atoms with Crippen LogP contribution < -0.4 is 5.32 Å². The van der Waals surface area contributed by atoms with E-state index in [9.17, 15) is 0 Å². The van der Waals surface area contributed by atoms with Gasteiger partial charge in [-0.05, 0) is 32.4 Å². The summed E-state index contributed by atoms with van der Waals surface area (Å²) in [4.78, 5) is 12.9. The Morgan fingerprint density at radius 3 is 2.67 bits per heavy atom. The molecular formula is C13H16ClN7. The third kappa shape index (κ3) is 2.44. The second-order valence-electron chi connectivity index (χ2n) is 5.18. The Balaban J connectivity index is 2.09. The predicted molar refractivity (Wildman–Crippen MR) is 81.9 cm³/mol. The highest BCUT2D eigenvalue weighted by Gasteiger charge is 2.15. The van der Waals surface area contributed by atoms with E-state index in [-0.39, 0.29) is 11.3 Å². The third-order valence-electron chi connectivity index (χ3n) is 3.31. The first kappa shape index (κ1) is 13.8. The Labute approximate surface area is 127 Å². The van der Waals surface area contributed by atoms with E-state index in [0.29, 0.717) is 22.8 Å². The number of fused-ring (bicyclic) bond motifs is 1. The van der Waals surface area contributed by atoms with Gasteiger partial charge in [0.15, 0.2) is 22.8 Å². The van der Waals surface area contributed by atoms with Crippen LogP contribution in [0.3, 0.4) is 0 Å². The molecule has 0 amide bonds. The Bertz CT molecular complexity index is 783. The lowest BCUT2D eigenvalue weighted by atomic mass is 10.4. The van der Waals surface area contributed by atoms with Crippen molar-refractivity contribution in [2.24, 2.45) is 7.05 Å². The molecule has 0 saturated heterocycles. The molecule has 21 heavy (non-hydrogen) atoms. The highest BCUT2D eigenvalue weighted by Crippen LogP contribution is 2.25. The van der Waals surface area contributed by atoms with Gasteiger partial charge < -0.3 is 9.88 Å². The van der Waals surface area contributed by atoms with Crippen molar-refractivity contribution in [3.63, 3.8) is 0 Å². The minimum absolute atomic E-state index is 0.181. The van der Waals surface area contributed by atoms with E-state index in [4.69, 9.17) is 11.6 Å². The molecule has 3 aromatic heterocycles. The van der Waals surface area contributed by atoms with E-state index in [1.807, 2.05) is 24.6 Å². The van der Waals surface area contributed by atoms with Crippen LogP contribution in [0.2, 0.25) is 5.28 Å². The van der Waals surface area contributed by atoms with Crippen LogP contribution in [0, 0.1) is 6.92 Å². The van der Waals surface area contributed by atoms with Gasteiger partial charge in [0, 0.05) is 24.8 Å². The largest absolute Gasteiger partial charge is 0.321 e. The van der Waals surface area contributed by atoms with Crippen LogP contribution in [0.5, 0.6) is 0 Å². The third-order valence-corrected chi connectivity index (χ3v) is 3.48. The molecule has 110 valence electrons. The number of nitrogens with zero attached hydrogens (tertiary/aromatic N) is 6. The Kier molecular flexibility index (Phi) is 3.29. The average Bonchev–Trinajstić information content (AvgIpc) is 2.94. The normalized spacial score (nSPS) is 11.5. The molecule has 3 rings (SSSR count). The van der Waals surface area contributed by atoms with Crippen molar-refractivity contribution in [1.29, 1.82) is 0 Å². The number of aryl methyl sites for hydroxylation is 2. The van der Waals surface area contributed by atoms with Gasteiger partial charge in [0.1, 0.15) is 0 Å². The van der Waals surface area contributed by atoms with Crippen molar-refractivity contribution < 1.29 is 0 Å². The van der Waals surface area contributed by atoms with Crippen LogP contribution in [0.15, 0.2) is 12.4 Å². The molecule has 1 N–H and O–H groups in total. The minimum Gasteiger partial charge on any atom is -0.321 e. The zero-order chi connectivity index (χ0) is 15.1. The number of rotatable bonds is 3. The highest BCUT2D eigenvalue weighted by atomic mass is 35.5. The number of hydrogen-bond donors (Lipinski definition) is 1. The molecule has 0 aliphatic rings. The molecule has 0 fully saturated rings. The fourth-order valence-corrected chi connectivity index (χ4v) is 2.26.